The smallest absolute Gasteiger partial charge is 0.233 e. The fourth-order valence-corrected chi connectivity index (χ4v) is 5.08. The average molecular weight is 481 g/mol. The highest BCUT2D eigenvalue weighted by Crippen LogP contribution is 2.28. The van der Waals surface area contributed by atoms with Crippen LogP contribution >= 0.6 is 11.8 Å². The molecule has 4 rings (SSSR count). The number of likely N-dealkylation sites (tertiary alicyclic amines) is 1. The molecule has 2 heterocycles. The lowest BCUT2D eigenvalue weighted by molar-refractivity contribution is -0.129. The van der Waals surface area contributed by atoms with Gasteiger partial charge in [-0.15, -0.1) is 10.2 Å². The molecule has 1 fully saturated rings. The topological polar surface area (TPSA) is 69.5 Å². The van der Waals surface area contributed by atoms with Gasteiger partial charge < -0.3 is 18.9 Å². The number of hydrogen-bond donors (Lipinski definition) is 0. The van der Waals surface area contributed by atoms with Crippen LogP contribution in [-0.2, 0) is 24.2 Å². The van der Waals surface area contributed by atoms with E-state index < -0.39 is 0 Å². The van der Waals surface area contributed by atoms with Crippen molar-refractivity contribution in [2.45, 2.75) is 43.8 Å². The number of aryl methyl sites for hydroxylation is 1. The molecule has 0 spiro atoms. The molecule has 2 aromatic carbocycles. The minimum atomic E-state index is 0.184. The van der Waals surface area contributed by atoms with Gasteiger partial charge in [-0.1, -0.05) is 48.2 Å². The van der Waals surface area contributed by atoms with Crippen LogP contribution in [0.25, 0.3) is 0 Å². The van der Waals surface area contributed by atoms with E-state index in [1.54, 1.807) is 14.2 Å². The van der Waals surface area contributed by atoms with Gasteiger partial charge in [-0.2, -0.15) is 0 Å². The van der Waals surface area contributed by atoms with Crippen molar-refractivity contribution in [1.82, 2.24) is 19.7 Å². The Morgan fingerprint density at radius 3 is 2.44 bits per heavy atom. The van der Waals surface area contributed by atoms with Gasteiger partial charge in [0.15, 0.2) is 16.7 Å². The Balaban J connectivity index is 1.50. The largest absolute Gasteiger partial charge is 0.493 e. The first kappa shape index (κ1) is 24.1. The third-order valence-corrected chi connectivity index (χ3v) is 7.06. The van der Waals surface area contributed by atoms with Crippen LogP contribution in [-0.4, -0.2) is 58.6 Å². The molecule has 8 heteroatoms. The van der Waals surface area contributed by atoms with Gasteiger partial charge in [-0.05, 0) is 48.9 Å². The van der Waals surface area contributed by atoms with Crippen LogP contribution < -0.4 is 9.47 Å². The average Bonchev–Trinajstić information content (AvgIpc) is 3.27. The zero-order chi connectivity index (χ0) is 23.8. The number of nitrogens with zero attached hydrogens (tertiary/aromatic N) is 4. The number of hydrogen-bond acceptors (Lipinski definition) is 6. The highest BCUT2D eigenvalue weighted by atomic mass is 32.2. The van der Waals surface area contributed by atoms with Gasteiger partial charge in [0.2, 0.25) is 5.91 Å². The Morgan fingerprint density at radius 1 is 0.941 bits per heavy atom. The summed E-state index contributed by atoms with van der Waals surface area (Å²) >= 11 is 1.48. The Labute approximate surface area is 205 Å². The lowest BCUT2D eigenvalue weighted by atomic mass is 10.1. The Kier molecular flexibility index (Phi) is 8.46. The summed E-state index contributed by atoms with van der Waals surface area (Å²) in [6.45, 7) is 2.44. The van der Waals surface area contributed by atoms with Crippen LogP contribution in [0.3, 0.4) is 0 Å². The van der Waals surface area contributed by atoms with E-state index in [-0.39, 0.29) is 5.91 Å². The van der Waals surface area contributed by atoms with Crippen molar-refractivity contribution < 1.29 is 14.3 Å². The first-order valence-electron chi connectivity index (χ1n) is 11.8. The molecule has 0 aliphatic carbocycles. The van der Waals surface area contributed by atoms with E-state index in [9.17, 15) is 4.79 Å². The molecule has 0 N–H and O–H groups in total. The third-order valence-electron chi connectivity index (χ3n) is 6.10. The van der Waals surface area contributed by atoms with E-state index >= 15 is 0 Å². The van der Waals surface area contributed by atoms with Crippen LogP contribution in [0.4, 0.5) is 0 Å². The summed E-state index contributed by atoms with van der Waals surface area (Å²) in [5.41, 5.74) is 2.32. The van der Waals surface area contributed by atoms with Crippen molar-refractivity contribution in [2.24, 2.45) is 0 Å². The zero-order valence-electron chi connectivity index (χ0n) is 19.9. The maximum Gasteiger partial charge on any atom is 0.233 e. The first-order chi connectivity index (χ1) is 16.7. The number of rotatable bonds is 10. The number of ether oxygens (including phenoxy) is 2. The number of carbonyl (C=O) groups is 1. The quantitative estimate of drug-likeness (QED) is 0.405. The highest BCUT2D eigenvalue weighted by Gasteiger charge is 2.19. The van der Waals surface area contributed by atoms with Crippen molar-refractivity contribution in [1.29, 1.82) is 0 Å². The standard InChI is InChI=1S/C26H32N4O3S/c1-32-22-12-11-21(17-23(22)33-2)13-16-30-24(18-20-9-5-3-6-10-20)27-28-26(30)34-19-25(31)29-14-7-4-8-15-29/h3,5-6,9-12,17H,4,7-8,13-16,18-19H2,1-2H3. The Morgan fingerprint density at radius 2 is 1.71 bits per heavy atom. The minimum absolute atomic E-state index is 0.184. The van der Waals surface area contributed by atoms with Crippen molar-refractivity contribution in [3.63, 3.8) is 0 Å². The maximum atomic E-state index is 12.7. The molecular formula is C26H32N4O3S. The lowest BCUT2D eigenvalue weighted by Gasteiger charge is -2.26. The van der Waals surface area contributed by atoms with Gasteiger partial charge >= 0.3 is 0 Å². The molecule has 1 aliphatic heterocycles. The molecule has 0 saturated carbocycles. The fraction of sp³-hybridized carbons (Fsp3) is 0.423. The van der Waals surface area contributed by atoms with E-state index in [0.29, 0.717) is 24.5 Å². The summed E-state index contributed by atoms with van der Waals surface area (Å²) in [4.78, 5) is 14.7. The van der Waals surface area contributed by atoms with Gasteiger partial charge in [0.1, 0.15) is 5.82 Å². The number of aromatic nitrogens is 3. The second-order valence-corrected chi connectivity index (χ2v) is 9.32. The second kappa shape index (κ2) is 11.9. The maximum absolute atomic E-state index is 12.7. The van der Waals surface area contributed by atoms with E-state index in [4.69, 9.17) is 9.47 Å². The van der Waals surface area contributed by atoms with Crippen LogP contribution in [0.2, 0.25) is 0 Å². The van der Waals surface area contributed by atoms with Crippen molar-refractivity contribution in [3.8, 4) is 11.5 Å². The minimum Gasteiger partial charge on any atom is -0.493 e. The molecule has 0 bridgehead atoms. The van der Waals surface area contributed by atoms with Crippen LogP contribution in [0.1, 0.15) is 36.2 Å². The monoisotopic (exact) mass is 480 g/mol. The molecule has 1 aromatic heterocycles. The van der Waals surface area contributed by atoms with Gasteiger partial charge in [-0.3, -0.25) is 4.79 Å². The number of benzene rings is 2. The van der Waals surface area contributed by atoms with Crippen LogP contribution in [0.5, 0.6) is 11.5 Å². The number of methoxy groups -OCH3 is 2. The van der Waals surface area contributed by atoms with Crippen LogP contribution in [0.15, 0.2) is 53.7 Å². The van der Waals surface area contributed by atoms with E-state index in [0.717, 1.165) is 54.6 Å². The second-order valence-electron chi connectivity index (χ2n) is 8.38. The number of piperidine rings is 1. The first-order valence-corrected chi connectivity index (χ1v) is 12.7. The lowest BCUT2D eigenvalue weighted by Crippen LogP contribution is -2.36. The summed E-state index contributed by atoms with van der Waals surface area (Å²) in [6.07, 6.45) is 4.89. The fourth-order valence-electron chi connectivity index (χ4n) is 4.20. The molecule has 0 unspecified atom stereocenters. The molecule has 1 aliphatic rings. The molecule has 34 heavy (non-hydrogen) atoms. The van der Waals surface area contributed by atoms with Crippen molar-refractivity contribution in [3.05, 3.63) is 65.5 Å². The van der Waals surface area contributed by atoms with E-state index in [1.165, 1.54) is 23.7 Å². The molecule has 1 amide bonds. The summed E-state index contributed by atoms with van der Waals surface area (Å²) in [7, 11) is 3.28. The molecular weight excluding hydrogens is 448 g/mol. The predicted octanol–water partition coefficient (Wildman–Crippen LogP) is 4.23. The molecule has 1 saturated heterocycles. The molecule has 0 atom stereocenters. The van der Waals surface area contributed by atoms with Gasteiger partial charge in [-0.25, -0.2) is 0 Å². The number of thioether (sulfide) groups is 1. The summed E-state index contributed by atoms with van der Waals surface area (Å²) in [5, 5.41) is 9.75. The Hall–Kier alpha value is -3.00. The van der Waals surface area contributed by atoms with Gasteiger partial charge in [0, 0.05) is 26.1 Å². The summed E-state index contributed by atoms with van der Waals surface area (Å²) in [6, 6.07) is 16.3. The predicted molar refractivity (Wildman–Crippen MR) is 134 cm³/mol. The zero-order valence-corrected chi connectivity index (χ0v) is 20.7. The number of carbonyl (C=O) groups excluding carboxylic acids is 1. The Bertz CT molecular complexity index is 1080. The van der Waals surface area contributed by atoms with Crippen LogP contribution in [0, 0.1) is 0 Å². The summed E-state index contributed by atoms with van der Waals surface area (Å²) < 4.78 is 13.0. The third kappa shape index (κ3) is 6.11. The van der Waals surface area contributed by atoms with Crippen molar-refractivity contribution >= 4 is 17.7 Å². The summed E-state index contributed by atoms with van der Waals surface area (Å²) in [5.74, 6) is 2.91. The highest BCUT2D eigenvalue weighted by molar-refractivity contribution is 7.99. The molecule has 180 valence electrons. The molecule has 0 radical (unpaired) electrons. The van der Waals surface area contributed by atoms with Gasteiger partial charge in [0.25, 0.3) is 0 Å². The van der Waals surface area contributed by atoms with Crippen molar-refractivity contribution in [2.75, 3.05) is 33.1 Å². The van der Waals surface area contributed by atoms with E-state index in [1.807, 2.05) is 35.2 Å². The van der Waals surface area contributed by atoms with Gasteiger partial charge in [0.05, 0.1) is 20.0 Å². The SMILES string of the molecule is COc1ccc(CCn2c(Cc3ccccc3)nnc2SCC(=O)N2CCCCC2)cc1OC. The molecule has 3 aromatic rings. The van der Waals surface area contributed by atoms with E-state index in [2.05, 4.69) is 33.0 Å². The molecule has 7 nitrogen and oxygen atoms in total. The normalized spacial score (nSPS) is 13.6. The number of amides is 1.